The highest BCUT2D eigenvalue weighted by atomic mass is 19.1. The fraction of sp³-hybridized carbons (Fsp3) is 0.475. The zero-order valence-corrected chi connectivity index (χ0v) is 30.3. The second-order valence-electron chi connectivity index (χ2n) is 12.0. The van der Waals surface area contributed by atoms with Crippen molar-refractivity contribution in [3.8, 4) is 5.75 Å². The third kappa shape index (κ3) is 12.6. The number of allylic oxidation sites excluding steroid dienone is 3. The summed E-state index contributed by atoms with van der Waals surface area (Å²) in [5.41, 5.74) is 11.9. The van der Waals surface area contributed by atoms with E-state index in [4.69, 9.17) is 4.74 Å². The van der Waals surface area contributed by atoms with E-state index >= 15 is 0 Å². The summed E-state index contributed by atoms with van der Waals surface area (Å²) in [5, 5.41) is 13.7. The maximum atomic E-state index is 13.4. The Bertz CT molecular complexity index is 1360. The highest BCUT2D eigenvalue weighted by Crippen LogP contribution is 2.33. The first-order valence-electron chi connectivity index (χ1n) is 16.7. The molecule has 5 nitrogen and oxygen atoms in total. The maximum absolute atomic E-state index is 13.4. The van der Waals surface area contributed by atoms with Crippen LogP contribution >= 0.6 is 0 Å². The van der Waals surface area contributed by atoms with Gasteiger partial charge in [0.15, 0.2) is 5.82 Å². The van der Waals surface area contributed by atoms with Crippen molar-refractivity contribution in [2.24, 2.45) is 11.8 Å². The Morgan fingerprint density at radius 3 is 2.02 bits per heavy atom. The van der Waals surface area contributed by atoms with Crippen LogP contribution in [0, 0.1) is 18.8 Å². The van der Waals surface area contributed by atoms with Crippen LogP contribution in [0.4, 0.5) is 15.8 Å². The summed E-state index contributed by atoms with van der Waals surface area (Å²) in [6.07, 6.45) is 4.29. The normalized spacial score (nSPS) is 13.1. The molecule has 0 fully saturated rings. The molecule has 2 aromatic rings. The summed E-state index contributed by atoms with van der Waals surface area (Å²) in [6, 6.07) is 11.6. The van der Waals surface area contributed by atoms with Crippen LogP contribution in [0.15, 0.2) is 90.1 Å². The monoisotopic (exact) mass is 632 g/mol. The van der Waals surface area contributed by atoms with E-state index in [1.165, 1.54) is 29.6 Å². The summed E-state index contributed by atoms with van der Waals surface area (Å²) in [5.74, 6) is 2.21. The molecule has 0 heterocycles. The van der Waals surface area contributed by atoms with Crippen molar-refractivity contribution < 1.29 is 9.13 Å². The summed E-state index contributed by atoms with van der Waals surface area (Å²) >= 11 is 0. The van der Waals surface area contributed by atoms with E-state index in [2.05, 4.69) is 95.2 Å². The summed E-state index contributed by atoms with van der Waals surface area (Å²) in [6.45, 7) is 31.4. The first-order valence-corrected chi connectivity index (χ1v) is 16.7. The van der Waals surface area contributed by atoms with E-state index in [-0.39, 0.29) is 6.17 Å². The first kappa shape index (κ1) is 40.3. The number of halogens is 1. The molecule has 0 radical (unpaired) electrons. The van der Waals surface area contributed by atoms with Crippen LogP contribution < -0.4 is 26.0 Å². The molecule has 46 heavy (non-hydrogen) atoms. The van der Waals surface area contributed by atoms with Gasteiger partial charge in [-0.15, -0.1) is 6.58 Å². The predicted octanol–water partition coefficient (Wildman–Crippen LogP) is 11.1. The van der Waals surface area contributed by atoms with Crippen molar-refractivity contribution in [1.82, 2.24) is 10.6 Å². The van der Waals surface area contributed by atoms with E-state index in [1.807, 2.05) is 51.2 Å². The second kappa shape index (κ2) is 21.1. The number of aryl methyl sites for hydroxylation is 1. The molecule has 3 unspecified atom stereocenters. The molecule has 0 bridgehead atoms. The number of nitrogens with one attached hydrogen (secondary N) is 4. The zero-order chi connectivity index (χ0) is 34.8. The van der Waals surface area contributed by atoms with Crippen molar-refractivity contribution in [1.29, 1.82) is 0 Å². The fourth-order valence-electron chi connectivity index (χ4n) is 5.12. The molecule has 0 saturated carbocycles. The van der Waals surface area contributed by atoms with Crippen LogP contribution in [0.25, 0.3) is 0 Å². The van der Waals surface area contributed by atoms with E-state index in [0.717, 1.165) is 46.8 Å². The van der Waals surface area contributed by atoms with Crippen molar-refractivity contribution in [2.75, 3.05) is 24.3 Å². The third-order valence-electron chi connectivity index (χ3n) is 8.32. The van der Waals surface area contributed by atoms with Crippen LogP contribution in [-0.2, 0) is 6.67 Å². The lowest BCUT2D eigenvalue weighted by atomic mass is 9.85. The molecule has 0 aliphatic heterocycles. The Hall–Kier alpha value is -3.73. The second-order valence-corrected chi connectivity index (χ2v) is 12.0. The molecular formula is C40H61FN4O. The van der Waals surface area contributed by atoms with Gasteiger partial charge in [-0.3, -0.25) is 5.32 Å². The Morgan fingerprint density at radius 1 is 0.935 bits per heavy atom. The molecule has 254 valence electrons. The standard InChI is InChI=1S/C34H49FN4O.C6H12/c1-11-22(5)25(8)33(23(6)12-2)26(9)37-34(36-10)30-20-29(17-18-31(30)40-14-4)39-32(13-3)38-28-16-15-24(7)27(19-28)21-35;1-4-5-6(2)3/h15-20,22-23,34,36-39H,3,9,11-12,14,21H2,1-2,4-8,10H3;2,4-5H2,1,3H3/b33-25+;. The van der Waals surface area contributed by atoms with E-state index in [1.54, 1.807) is 6.07 Å². The largest absolute Gasteiger partial charge is 0.493 e. The van der Waals surface area contributed by atoms with Gasteiger partial charge in [0.25, 0.3) is 0 Å². The topological polar surface area (TPSA) is 57.4 Å². The van der Waals surface area contributed by atoms with Gasteiger partial charge in [-0.05, 0) is 113 Å². The van der Waals surface area contributed by atoms with Gasteiger partial charge < -0.3 is 20.7 Å². The van der Waals surface area contributed by atoms with Gasteiger partial charge >= 0.3 is 0 Å². The number of benzene rings is 2. The average Bonchev–Trinajstić information content (AvgIpc) is 3.04. The van der Waals surface area contributed by atoms with Crippen LogP contribution in [0.1, 0.15) is 104 Å². The van der Waals surface area contributed by atoms with Crippen LogP contribution in [0.5, 0.6) is 5.75 Å². The lowest BCUT2D eigenvalue weighted by molar-refractivity contribution is 0.330. The smallest absolute Gasteiger partial charge is 0.152 e. The Kier molecular flexibility index (Phi) is 18.5. The third-order valence-corrected chi connectivity index (χ3v) is 8.32. The molecule has 6 heteroatoms. The molecule has 3 atom stereocenters. The van der Waals surface area contributed by atoms with E-state index in [9.17, 15) is 4.39 Å². The number of alkyl halides is 1. The molecule has 0 aliphatic carbocycles. The van der Waals surface area contributed by atoms with E-state index < -0.39 is 6.67 Å². The molecule has 2 rings (SSSR count). The molecule has 0 aromatic heterocycles. The number of ether oxygens (including phenoxy) is 1. The lowest BCUT2D eigenvalue weighted by Crippen LogP contribution is -2.33. The Balaban J connectivity index is 0.00000160. The molecular weight excluding hydrogens is 571 g/mol. The molecule has 0 saturated heterocycles. The average molecular weight is 633 g/mol. The Labute approximate surface area is 280 Å². The molecule has 0 amide bonds. The number of anilines is 2. The maximum Gasteiger partial charge on any atom is 0.152 e. The minimum absolute atomic E-state index is 0.243. The van der Waals surface area contributed by atoms with Crippen LogP contribution in [-0.4, -0.2) is 13.7 Å². The van der Waals surface area contributed by atoms with Gasteiger partial charge in [0.1, 0.15) is 18.6 Å². The SMILES string of the molecule is C=C(C)CCC.C=C=C(Nc1ccc(C)c(CF)c1)Nc1ccc(OCC)c(C(NC)NC(=C)/C(=C(\C)C(C)CC)C(C)CC)c1. The predicted molar refractivity (Wildman–Crippen MR) is 199 cm³/mol. The highest BCUT2D eigenvalue weighted by molar-refractivity contribution is 5.60. The van der Waals surface area contributed by atoms with Gasteiger partial charge in [0, 0.05) is 22.6 Å². The van der Waals surface area contributed by atoms with Gasteiger partial charge in [-0.2, -0.15) is 0 Å². The van der Waals surface area contributed by atoms with Crippen LogP contribution in [0.3, 0.4) is 0 Å². The number of hydrogen-bond donors (Lipinski definition) is 4. The van der Waals surface area contributed by atoms with Crippen molar-refractivity contribution in [2.45, 2.75) is 101 Å². The van der Waals surface area contributed by atoms with Gasteiger partial charge in [0.2, 0.25) is 0 Å². The summed E-state index contributed by atoms with van der Waals surface area (Å²) in [7, 11) is 1.92. The van der Waals surface area contributed by atoms with Crippen LogP contribution in [0.2, 0.25) is 0 Å². The molecule has 0 spiro atoms. The van der Waals surface area contributed by atoms with E-state index in [0.29, 0.717) is 29.8 Å². The van der Waals surface area contributed by atoms with Gasteiger partial charge in [-0.25, -0.2) is 4.39 Å². The fourth-order valence-corrected chi connectivity index (χ4v) is 5.12. The molecule has 2 aromatic carbocycles. The molecule has 4 N–H and O–H groups in total. The Morgan fingerprint density at radius 2 is 1.54 bits per heavy atom. The zero-order valence-electron chi connectivity index (χ0n) is 30.3. The van der Waals surface area contributed by atoms with Crippen molar-refractivity contribution in [3.63, 3.8) is 0 Å². The molecule has 0 aliphatic rings. The van der Waals surface area contributed by atoms with Gasteiger partial charge in [-0.1, -0.05) is 77.1 Å². The van der Waals surface area contributed by atoms with Crippen molar-refractivity contribution in [3.05, 3.63) is 107 Å². The number of hydrogen-bond acceptors (Lipinski definition) is 5. The minimum atomic E-state index is -0.515. The number of rotatable bonds is 18. The summed E-state index contributed by atoms with van der Waals surface area (Å²) in [4.78, 5) is 0. The van der Waals surface area contributed by atoms with Crippen molar-refractivity contribution >= 4 is 11.4 Å². The quantitative estimate of drug-likeness (QED) is 0.0570. The highest BCUT2D eigenvalue weighted by Gasteiger charge is 2.22. The lowest BCUT2D eigenvalue weighted by Gasteiger charge is -2.29. The van der Waals surface area contributed by atoms with Gasteiger partial charge in [0.05, 0.1) is 6.61 Å². The minimum Gasteiger partial charge on any atom is -0.493 e. The summed E-state index contributed by atoms with van der Waals surface area (Å²) < 4.78 is 19.4. The first-order chi connectivity index (χ1) is 21.9.